The number of carbonyl (C=O) groups excluding carboxylic acids is 2. The van der Waals surface area contributed by atoms with E-state index in [0.717, 1.165) is 31.7 Å². The molecule has 1 saturated carbocycles. The first-order valence-electron chi connectivity index (χ1n) is 18.8. The van der Waals surface area contributed by atoms with Gasteiger partial charge in [-0.05, 0) is 105 Å². The average molecular weight is 810 g/mol. The van der Waals surface area contributed by atoms with Gasteiger partial charge in [0.2, 0.25) is 15.9 Å². The summed E-state index contributed by atoms with van der Waals surface area (Å²) in [5.41, 5.74) is -0.147. The summed E-state index contributed by atoms with van der Waals surface area (Å²) in [6.45, 7) is 6.00. The van der Waals surface area contributed by atoms with Gasteiger partial charge in [-0.1, -0.05) is 48.0 Å². The Kier molecular flexibility index (Phi) is 11.0. The maximum atomic E-state index is 17.0. The van der Waals surface area contributed by atoms with Crippen LogP contribution in [0.15, 0.2) is 83.8 Å². The molecule has 0 unspecified atom stereocenters. The number of fused-ring (bicyclic) bond motifs is 2. The summed E-state index contributed by atoms with van der Waals surface area (Å²) in [5.74, 6) is -4.74. The van der Waals surface area contributed by atoms with Crippen LogP contribution in [0.25, 0.3) is 21.9 Å². The molecule has 0 aromatic heterocycles. The van der Waals surface area contributed by atoms with Crippen molar-refractivity contribution in [1.29, 1.82) is 0 Å². The van der Waals surface area contributed by atoms with Crippen molar-refractivity contribution in [3.63, 3.8) is 0 Å². The summed E-state index contributed by atoms with van der Waals surface area (Å²) in [5, 5.41) is 1.78. The molecule has 7 rings (SSSR count). The standard InChI is InChI=1S/C42H46ClF2N3O7S/c1-41(2,3)55-40(50)48-24-29-22-47(23-30(29)25-48)39(49)38(42(44,45)31-13-18-36(37(21-31)53-4)26-9-14-32(43)15-10-26)46-56(51,52)35-17-12-27-19-34(16-11-28(27)20-35)54-33-7-5-6-8-33/h9-21,29-30,33,38,46H,5-8,22-25H2,1-4H3/t29-,30+,38-/m1/s1. The molecular formula is C42H46ClF2N3O7S. The largest absolute Gasteiger partial charge is 0.496 e. The smallest absolute Gasteiger partial charge is 0.410 e. The minimum atomic E-state index is -4.69. The summed E-state index contributed by atoms with van der Waals surface area (Å²) < 4.78 is 81.4. The summed E-state index contributed by atoms with van der Waals surface area (Å²) in [4.78, 5) is 29.7. The molecule has 2 heterocycles. The highest BCUT2D eigenvalue weighted by Gasteiger charge is 2.53. The fourth-order valence-corrected chi connectivity index (χ4v) is 9.26. The monoisotopic (exact) mass is 809 g/mol. The van der Waals surface area contributed by atoms with Gasteiger partial charge < -0.3 is 24.0 Å². The van der Waals surface area contributed by atoms with E-state index < -0.39 is 45.2 Å². The van der Waals surface area contributed by atoms with Crippen molar-refractivity contribution >= 4 is 44.4 Å². The topological polar surface area (TPSA) is 114 Å². The molecular weight excluding hydrogens is 764 g/mol. The Labute approximate surface area is 331 Å². The van der Waals surface area contributed by atoms with E-state index in [9.17, 15) is 18.0 Å². The number of sulfonamides is 1. The van der Waals surface area contributed by atoms with E-state index in [1.807, 2.05) is 6.07 Å². The third-order valence-corrected chi connectivity index (χ3v) is 12.4. The van der Waals surface area contributed by atoms with Gasteiger partial charge >= 0.3 is 6.09 Å². The highest BCUT2D eigenvalue weighted by molar-refractivity contribution is 7.89. The van der Waals surface area contributed by atoms with Crippen molar-refractivity contribution < 1.29 is 41.0 Å². The molecule has 0 radical (unpaired) electrons. The second-order valence-corrected chi connectivity index (χ2v) is 18.1. The van der Waals surface area contributed by atoms with Crippen molar-refractivity contribution in [1.82, 2.24) is 14.5 Å². The number of methoxy groups -OCH3 is 1. The number of nitrogens with zero attached hydrogens (tertiary/aromatic N) is 2. The Bertz CT molecular complexity index is 2210. The van der Waals surface area contributed by atoms with Crippen LogP contribution < -0.4 is 14.2 Å². The SMILES string of the molecule is COc1cc(C(F)(F)[C@H](NS(=O)(=O)c2ccc3cc(OC4CCCC4)ccc3c2)C(=O)N2C[C@H]3CN(C(=O)OC(C)(C)C)C[C@H]3C2)ccc1-c1ccc(Cl)cc1. The number of hydrogen-bond acceptors (Lipinski definition) is 7. The van der Waals surface area contributed by atoms with Crippen molar-refractivity contribution in [2.24, 2.45) is 11.8 Å². The van der Waals surface area contributed by atoms with Gasteiger partial charge in [0.1, 0.15) is 17.1 Å². The van der Waals surface area contributed by atoms with E-state index in [-0.39, 0.29) is 54.8 Å². The van der Waals surface area contributed by atoms with Gasteiger partial charge in [-0.25, -0.2) is 13.2 Å². The zero-order chi connectivity index (χ0) is 40.0. The molecule has 1 aliphatic carbocycles. The van der Waals surface area contributed by atoms with Gasteiger partial charge in [-0.3, -0.25) is 4.79 Å². The van der Waals surface area contributed by atoms with E-state index in [1.165, 1.54) is 36.3 Å². The minimum Gasteiger partial charge on any atom is -0.496 e. The highest BCUT2D eigenvalue weighted by atomic mass is 35.5. The first-order chi connectivity index (χ1) is 26.5. The number of halogens is 3. The van der Waals surface area contributed by atoms with Gasteiger partial charge in [0.05, 0.1) is 18.1 Å². The Morgan fingerprint density at radius 3 is 2.11 bits per heavy atom. The third kappa shape index (κ3) is 8.45. The van der Waals surface area contributed by atoms with E-state index in [4.69, 9.17) is 25.8 Å². The fraction of sp³-hybridized carbons (Fsp3) is 0.429. The second kappa shape index (κ2) is 15.5. The van der Waals surface area contributed by atoms with Gasteiger partial charge in [0.25, 0.3) is 5.92 Å². The molecule has 1 N–H and O–H groups in total. The summed E-state index contributed by atoms with van der Waals surface area (Å²) in [7, 11) is -3.35. The lowest BCUT2D eigenvalue weighted by molar-refractivity contribution is -0.143. The first-order valence-corrected chi connectivity index (χ1v) is 20.7. The molecule has 4 aromatic rings. The molecule has 2 saturated heterocycles. The van der Waals surface area contributed by atoms with Crippen molar-refractivity contribution in [2.75, 3.05) is 33.3 Å². The Morgan fingerprint density at radius 2 is 1.46 bits per heavy atom. The van der Waals surface area contributed by atoms with Crippen LogP contribution in [-0.4, -0.2) is 81.3 Å². The number of alkyl halides is 2. The molecule has 56 heavy (non-hydrogen) atoms. The van der Waals surface area contributed by atoms with Crippen LogP contribution in [0.4, 0.5) is 13.6 Å². The second-order valence-electron chi connectivity index (χ2n) is 15.9. The third-order valence-electron chi connectivity index (χ3n) is 10.8. The molecule has 10 nitrogen and oxygen atoms in total. The van der Waals surface area contributed by atoms with Crippen LogP contribution in [0, 0.1) is 11.8 Å². The predicted octanol–water partition coefficient (Wildman–Crippen LogP) is 8.25. The van der Waals surface area contributed by atoms with E-state index >= 15 is 8.78 Å². The van der Waals surface area contributed by atoms with Crippen LogP contribution in [-0.2, 0) is 25.5 Å². The Morgan fingerprint density at radius 1 is 0.839 bits per heavy atom. The van der Waals surface area contributed by atoms with E-state index in [0.29, 0.717) is 32.7 Å². The number of nitrogens with one attached hydrogen (secondary N) is 1. The number of rotatable bonds is 10. The van der Waals surface area contributed by atoms with Gasteiger partial charge in [-0.2, -0.15) is 13.5 Å². The molecule has 2 amide bonds. The maximum absolute atomic E-state index is 17.0. The zero-order valence-electron chi connectivity index (χ0n) is 31.8. The number of hydrogen-bond donors (Lipinski definition) is 1. The van der Waals surface area contributed by atoms with E-state index in [1.54, 1.807) is 68.1 Å². The average Bonchev–Trinajstić information content (AvgIpc) is 3.91. The fourth-order valence-electron chi connectivity index (χ4n) is 7.91. The van der Waals surface area contributed by atoms with Crippen LogP contribution >= 0.6 is 11.6 Å². The number of ether oxygens (including phenoxy) is 3. The molecule has 0 spiro atoms. The molecule has 3 aliphatic rings. The molecule has 2 aliphatic heterocycles. The minimum absolute atomic E-state index is 0.0666. The summed E-state index contributed by atoms with van der Waals surface area (Å²) >= 11 is 6.06. The lowest BCUT2D eigenvalue weighted by Crippen LogP contribution is -2.56. The molecule has 298 valence electrons. The maximum Gasteiger partial charge on any atom is 0.410 e. The zero-order valence-corrected chi connectivity index (χ0v) is 33.3. The quantitative estimate of drug-likeness (QED) is 0.172. The van der Waals surface area contributed by atoms with Gasteiger partial charge in [-0.15, -0.1) is 0 Å². The van der Waals surface area contributed by atoms with Crippen LogP contribution in [0.5, 0.6) is 11.5 Å². The van der Waals surface area contributed by atoms with Gasteiger partial charge in [0, 0.05) is 54.2 Å². The molecule has 3 fully saturated rings. The highest BCUT2D eigenvalue weighted by Crippen LogP contribution is 2.41. The first kappa shape index (κ1) is 39.8. The summed E-state index contributed by atoms with van der Waals surface area (Å²) in [6.07, 6.45) is 3.85. The van der Waals surface area contributed by atoms with Gasteiger partial charge in [0.15, 0.2) is 6.04 Å². The van der Waals surface area contributed by atoms with Crippen molar-refractivity contribution in [2.45, 2.75) is 75.0 Å². The Hall–Kier alpha value is -4.46. The number of likely N-dealkylation sites (tertiary alicyclic amines) is 2. The van der Waals surface area contributed by atoms with Crippen LogP contribution in [0.2, 0.25) is 5.02 Å². The number of carbonyl (C=O) groups is 2. The number of amides is 2. The van der Waals surface area contributed by atoms with Crippen LogP contribution in [0.1, 0.15) is 52.0 Å². The molecule has 0 bridgehead atoms. The predicted molar refractivity (Wildman–Crippen MR) is 210 cm³/mol. The lowest BCUT2D eigenvalue weighted by atomic mass is 9.96. The Balaban J connectivity index is 1.18. The summed E-state index contributed by atoms with van der Waals surface area (Å²) in [6, 6.07) is 17.6. The molecule has 4 aromatic carbocycles. The van der Waals surface area contributed by atoms with Crippen LogP contribution in [0.3, 0.4) is 0 Å². The normalized spacial score (nSPS) is 19.6. The van der Waals surface area contributed by atoms with Crippen molar-refractivity contribution in [3.8, 4) is 22.6 Å². The molecule has 14 heteroatoms. The lowest BCUT2D eigenvalue weighted by Gasteiger charge is -2.31. The molecule has 3 atom stereocenters. The van der Waals surface area contributed by atoms with Crippen molar-refractivity contribution in [3.05, 3.63) is 89.4 Å². The number of benzene rings is 4. The van der Waals surface area contributed by atoms with E-state index in [2.05, 4.69) is 4.72 Å².